The normalized spacial score (nSPS) is 12.0. The highest BCUT2D eigenvalue weighted by Gasteiger charge is 2.26. The van der Waals surface area contributed by atoms with Crippen LogP contribution >= 0.6 is 0 Å². The van der Waals surface area contributed by atoms with Gasteiger partial charge in [0, 0.05) is 10.5 Å². The van der Waals surface area contributed by atoms with E-state index in [2.05, 4.69) is 10.3 Å². The Hall–Kier alpha value is -3.74. The second kappa shape index (κ2) is 7.87. The van der Waals surface area contributed by atoms with Gasteiger partial charge in [-0.3, -0.25) is 10.1 Å². The topological polar surface area (TPSA) is 83.1 Å². The van der Waals surface area contributed by atoms with Gasteiger partial charge in [-0.25, -0.2) is 4.68 Å². The molecule has 0 spiro atoms. The van der Waals surface area contributed by atoms with Crippen molar-refractivity contribution in [3.8, 4) is 5.75 Å². The molecule has 7 nitrogen and oxygen atoms in total. The molecule has 0 bridgehead atoms. The number of aromatic nitrogens is 3. The first-order valence-electron chi connectivity index (χ1n) is 8.90. The Morgan fingerprint density at radius 1 is 0.964 bits per heavy atom. The highest BCUT2D eigenvalue weighted by Crippen LogP contribution is 2.30. The minimum Gasteiger partial charge on any atom is -0.489 e. The SMILES string of the molecule is O=[N+]([O-])C[C@@H](c1ccccc1OCc1ccccc1)n1nnc2ccccc21. The molecular formula is C21H18N4O3. The van der Waals surface area contributed by atoms with Gasteiger partial charge >= 0.3 is 0 Å². The van der Waals surface area contributed by atoms with Gasteiger partial charge in [-0.15, -0.1) is 5.10 Å². The van der Waals surface area contributed by atoms with Crippen LogP contribution in [0.4, 0.5) is 0 Å². The van der Waals surface area contributed by atoms with Crippen LogP contribution in [0.25, 0.3) is 11.0 Å². The molecule has 7 heteroatoms. The first-order valence-corrected chi connectivity index (χ1v) is 8.90. The van der Waals surface area contributed by atoms with E-state index in [0.717, 1.165) is 11.1 Å². The monoisotopic (exact) mass is 374 g/mol. The molecule has 1 heterocycles. The first-order chi connectivity index (χ1) is 13.7. The van der Waals surface area contributed by atoms with Gasteiger partial charge in [0.2, 0.25) is 6.54 Å². The third kappa shape index (κ3) is 3.68. The fraction of sp³-hybridized carbons (Fsp3) is 0.143. The van der Waals surface area contributed by atoms with Crippen LogP contribution in [0.2, 0.25) is 0 Å². The summed E-state index contributed by atoms with van der Waals surface area (Å²) in [5.74, 6) is 0.595. The minimum atomic E-state index is -0.630. The summed E-state index contributed by atoms with van der Waals surface area (Å²) in [5.41, 5.74) is 3.16. The van der Waals surface area contributed by atoms with E-state index in [1.807, 2.05) is 78.9 Å². The van der Waals surface area contributed by atoms with E-state index in [4.69, 9.17) is 4.74 Å². The lowest BCUT2D eigenvalue weighted by Gasteiger charge is -2.18. The zero-order valence-electron chi connectivity index (χ0n) is 15.0. The maximum Gasteiger partial charge on any atom is 0.230 e. The van der Waals surface area contributed by atoms with Crippen LogP contribution in [0.3, 0.4) is 0 Å². The third-order valence-corrected chi connectivity index (χ3v) is 4.51. The lowest BCUT2D eigenvalue weighted by atomic mass is 10.1. The number of nitrogens with zero attached hydrogens (tertiary/aromatic N) is 4. The zero-order valence-corrected chi connectivity index (χ0v) is 15.0. The van der Waals surface area contributed by atoms with Crippen molar-refractivity contribution < 1.29 is 9.66 Å². The van der Waals surface area contributed by atoms with E-state index in [0.29, 0.717) is 23.4 Å². The molecule has 0 unspecified atom stereocenters. The Morgan fingerprint density at radius 3 is 2.50 bits per heavy atom. The van der Waals surface area contributed by atoms with Crippen LogP contribution in [-0.2, 0) is 6.61 Å². The number of hydrogen-bond acceptors (Lipinski definition) is 5. The van der Waals surface area contributed by atoms with Gasteiger partial charge in [0.1, 0.15) is 23.9 Å². The molecule has 0 saturated carbocycles. The summed E-state index contributed by atoms with van der Waals surface area (Å²) in [7, 11) is 0. The highest BCUT2D eigenvalue weighted by molar-refractivity contribution is 5.74. The molecular weight excluding hydrogens is 356 g/mol. The number of para-hydroxylation sites is 2. The average molecular weight is 374 g/mol. The van der Waals surface area contributed by atoms with Crippen molar-refractivity contribution in [3.05, 3.63) is 100 Å². The van der Waals surface area contributed by atoms with Crippen molar-refractivity contribution in [2.24, 2.45) is 0 Å². The lowest BCUT2D eigenvalue weighted by Crippen LogP contribution is -2.22. The number of benzene rings is 3. The Bertz CT molecular complexity index is 1090. The Balaban J connectivity index is 1.72. The standard InChI is InChI=1S/C21H18N4O3/c26-24(27)14-20(25-19-12-6-5-11-18(19)22-23-25)17-10-4-7-13-21(17)28-15-16-8-2-1-3-9-16/h1-13,20H,14-15H2/t20-/m0/s1. The third-order valence-electron chi connectivity index (χ3n) is 4.51. The van der Waals surface area contributed by atoms with Crippen molar-refractivity contribution in [2.45, 2.75) is 12.6 Å². The molecule has 0 aliphatic rings. The fourth-order valence-electron chi connectivity index (χ4n) is 3.19. The van der Waals surface area contributed by atoms with Crippen molar-refractivity contribution >= 4 is 11.0 Å². The van der Waals surface area contributed by atoms with Gasteiger partial charge in [-0.2, -0.15) is 0 Å². The zero-order chi connectivity index (χ0) is 19.3. The molecule has 4 aromatic rings. The first kappa shape index (κ1) is 17.7. The van der Waals surface area contributed by atoms with E-state index in [9.17, 15) is 10.1 Å². The predicted octanol–water partition coefficient (Wildman–Crippen LogP) is 3.88. The number of ether oxygens (including phenoxy) is 1. The van der Waals surface area contributed by atoms with Crippen LogP contribution in [-0.4, -0.2) is 26.5 Å². The largest absolute Gasteiger partial charge is 0.489 e. The van der Waals surface area contributed by atoms with Crippen molar-refractivity contribution in [1.82, 2.24) is 15.0 Å². The van der Waals surface area contributed by atoms with Crippen LogP contribution < -0.4 is 4.74 Å². The van der Waals surface area contributed by atoms with Crippen molar-refractivity contribution in [2.75, 3.05) is 6.54 Å². The molecule has 28 heavy (non-hydrogen) atoms. The summed E-state index contributed by atoms with van der Waals surface area (Å²) in [4.78, 5) is 11.1. The fourth-order valence-corrected chi connectivity index (χ4v) is 3.19. The molecule has 0 radical (unpaired) electrons. The van der Waals surface area contributed by atoms with Crippen LogP contribution in [0, 0.1) is 10.1 Å². The van der Waals surface area contributed by atoms with Gasteiger partial charge in [0.05, 0.1) is 5.52 Å². The summed E-state index contributed by atoms with van der Waals surface area (Å²) in [6, 6.07) is 23.9. The number of fused-ring (bicyclic) bond motifs is 1. The molecule has 0 N–H and O–H groups in total. The highest BCUT2D eigenvalue weighted by atomic mass is 16.6. The molecule has 0 aliphatic carbocycles. The second-order valence-electron chi connectivity index (χ2n) is 6.37. The van der Waals surface area contributed by atoms with Gasteiger partial charge < -0.3 is 4.74 Å². The summed E-state index contributed by atoms with van der Waals surface area (Å²) >= 11 is 0. The minimum absolute atomic E-state index is 0.320. The number of hydrogen-bond donors (Lipinski definition) is 0. The van der Waals surface area contributed by atoms with E-state index >= 15 is 0 Å². The molecule has 0 amide bonds. The van der Waals surface area contributed by atoms with E-state index in [1.165, 1.54) is 0 Å². The summed E-state index contributed by atoms with van der Waals surface area (Å²) in [5, 5.41) is 19.7. The average Bonchev–Trinajstić information content (AvgIpc) is 3.15. The molecule has 0 saturated heterocycles. The van der Waals surface area contributed by atoms with E-state index in [1.54, 1.807) is 4.68 Å². The van der Waals surface area contributed by atoms with Crippen LogP contribution in [0.1, 0.15) is 17.2 Å². The molecule has 0 aliphatic heterocycles. The van der Waals surface area contributed by atoms with Gasteiger partial charge in [0.25, 0.3) is 0 Å². The molecule has 1 atom stereocenters. The van der Waals surface area contributed by atoms with Gasteiger partial charge in [-0.1, -0.05) is 65.9 Å². The predicted molar refractivity (Wildman–Crippen MR) is 105 cm³/mol. The van der Waals surface area contributed by atoms with Crippen molar-refractivity contribution in [3.63, 3.8) is 0 Å². The summed E-state index contributed by atoms with van der Waals surface area (Å²) in [6.07, 6.45) is 0. The van der Waals surface area contributed by atoms with Crippen LogP contribution in [0.5, 0.6) is 5.75 Å². The molecule has 3 aromatic carbocycles. The van der Waals surface area contributed by atoms with Gasteiger partial charge in [-0.05, 0) is 23.8 Å². The summed E-state index contributed by atoms with van der Waals surface area (Å²) < 4.78 is 7.61. The number of nitro groups is 1. The molecule has 140 valence electrons. The Kier molecular flexibility index (Phi) is 4.97. The quantitative estimate of drug-likeness (QED) is 0.362. The molecule has 0 fully saturated rings. The van der Waals surface area contributed by atoms with Gasteiger partial charge in [0.15, 0.2) is 0 Å². The van der Waals surface area contributed by atoms with E-state index < -0.39 is 6.04 Å². The lowest BCUT2D eigenvalue weighted by molar-refractivity contribution is -0.484. The van der Waals surface area contributed by atoms with Crippen molar-refractivity contribution in [1.29, 1.82) is 0 Å². The molecule has 4 rings (SSSR count). The number of rotatable bonds is 7. The maximum atomic E-state index is 11.4. The smallest absolute Gasteiger partial charge is 0.230 e. The molecule has 1 aromatic heterocycles. The summed E-state index contributed by atoms with van der Waals surface area (Å²) in [6.45, 7) is 0.0558. The Morgan fingerprint density at radius 2 is 1.68 bits per heavy atom. The second-order valence-corrected chi connectivity index (χ2v) is 6.37. The Labute approximate surface area is 161 Å². The van der Waals surface area contributed by atoms with E-state index in [-0.39, 0.29) is 11.5 Å². The maximum absolute atomic E-state index is 11.4. The van der Waals surface area contributed by atoms with Crippen LogP contribution in [0.15, 0.2) is 78.9 Å².